The number of benzene rings is 1. The zero-order valence-electron chi connectivity index (χ0n) is 10.7. The number of nitrogens with one attached hydrogen (secondary N) is 1. The number of hydrogen-bond donors (Lipinski definition) is 1. The smallest absolute Gasteiger partial charge is 0.272 e. The highest BCUT2D eigenvalue weighted by Gasteiger charge is 2.09. The van der Waals surface area contributed by atoms with Crippen molar-refractivity contribution in [3.8, 4) is 5.69 Å². The van der Waals surface area contributed by atoms with Gasteiger partial charge >= 0.3 is 0 Å². The first-order valence-electron chi connectivity index (χ1n) is 6.24. The third-order valence-electron chi connectivity index (χ3n) is 2.85. The molecular formula is C15H13N3OS. The maximum atomic E-state index is 12.0. The van der Waals surface area contributed by atoms with Crippen molar-refractivity contribution in [1.82, 2.24) is 15.1 Å². The topological polar surface area (TPSA) is 46.9 Å². The molecule has 0 saturated carbocycles. The van der Waals surface area contributed by atoms with Gasteiger partial charge in [-0.15, -0.1) is 11.3 Å². The molecule has 0 unspecified atom stereocenters. The van der Waals surface area contributed by atoms with Crippen LogP contribution in [-0.4, -0.2) is 15.7 Å². The number of hydrogen-bond acceptors (Lipinski definition) is 3. The van der Waals surface area contributed by atoms with Gasteiger partial charge in [-0.2, -0.15) is 5.10 Å². The third kappa shape index (κ3) is 2.78. The lowest BCUT2D eigenvalue weighted by Gasteiger charge is -2.01. The van der Waals surface area contributed by atoms with Crippen LogP contribution in [0.2, 0.25) is 0 Å². The molecule has 0 aliphatic carbocycles. The minimum absolute atomic E-state index is 0.159. The van der Waals surface area contributed by atoms with Gasteiger partial charge < -0.3 is 5.32 Å². The van der Waals surface area contributed by atoms with Crippen molar-refractivity contribution in [2.24, 2.45) is 0 Å². The lowest BCUT2D eigenvalue weighted by atomic mass is 10.3. The van der Waals surface area contributed by atoms with E-state index in [4.69, 9.17) is 0 Å². The van der Waals surface area contributed by atoms with Gasteiger partial charge in [0.1, 0.15) is 0 Å². The number of thiophene rings is 1. The summed E-state index contributed by atoms with van der Waals surface area (Å²) in [7, 11) is 0. The molecule has 0 atom stereocenters. The molecule has 1 aromatic carbocycles. The van der Waals surface area contributed by atoms with Crippen LogP contribution in [0.1, 0.15) is 15.4 Å². The maximum Gasteiger partial charge on any atom is 0.272 e. The second kappa shape index (κ2) is 5.71. The van der Waals surface area contributed by atoms with Gasteiger partial charge in [-0.05, 0) is 29.6 Å². The molecule has 0 radical (unpaired) electrons. The standard InChI is InChI=1S/C15H13N3OS/c19-15(16-11-13-7-4-10-20-13)14-8-9-18(17-14)12-5-2-1-3-6-12/h1-10H,11H2,(H,16,19). The number of nitrogens with zero attached hydrogens (tertiary/aromatic N) is 2. The van der Waals surface area contributed by atoms with Gasteiger partial charge in [0.2, 0.25) is 0 Å². The average Bonchev–Trinajstić information content (AvgIpc) is 3.17. The highest BCUT2D eigenvalue weighted by molar-refractivity contribution is 7.09. The number of carbonyl (C=O) groups excluding carboxylic acids is 1. The molecule has 3 rings (SSSR count). The van der Waals surface area contributed by atoms with Crippen LogP contribution in [0.3, 0.4) is 0 Å². The molecule has 1 N–H and O–H groups in total. The molecule has 2 heterocycles. The summed E-state index contributed by atoms with van der Waals surface area (Å²) in [5.74, 6) is -0.159. The molecule has 20 heavy (non-hydrogen) atoms. The largest absolute Gasteiger partial charge is 0.346 e. The Morgan fingerprint density at radius 1 is 1.15 bits per heavy atom. The molecule has 0 fully saturated rings. The summed E-state index contributed by atoms with van der Waals surface area (Å²) in [5, 5.41) is 9.14. The molecule has 5 heteroatoms. The van der Waals surface area contributed by atoms with Crippen LogP contribution in [-0.2, 0) is 6.54 Å². The van der Waals surface area contributed by atoms with Gasteiger partial charge in [0, 0.05) is 11.1 Å². The minimum Gasteiger partial charge on any atom is -0.346 e. The van der Waals surface area contributed by atoms with Crippen molar-refractivity contribution in [2.75, 3.05) is 0 Å². The van der Waals surface area contributed by atoms with E-state index in [1.54, 1.807) is 28.3 Å². The first-order valence-corrected chi connectivity index (χ1v) is 7.12. The van der Waals surface area contributed by atoms with Crippen LogP contribution in [0.25, 0.3) is 5.69 Å². The molecule has 100 valence electrons. The van der Waals surface area contributed by atoms with E-state index in [0.29, 0.717) is 12.2 Å². The summed E-state index contributed by atoms with van der Waals surface area (Å²) >= 11 is 1.62. The zero-order chi connectivity index (χ0) is 13.8. The summed E-state index contributed by atoms with van der Waals surface area (Å²) in [6.07, 6.45) is 1.79. The average molecular weight is 283 g/mol. The Morgan fingerprint density at radius 3 is 2.75 bits per heavy atom. The van der Waals surface area contributed by atoms with Crippen molar-refractivity contribution in [3.63, 3.8) is 0 Å². The van der Waals surface area contributed by atoms with E-state index in [1.807, 2.05) is 47.8 Å². The molecule has 0 aliphatic heterocycles. The Hall–Kier alpha value is -2.40. The fourth-order valence-electron chi connectivity index (χ4n) is 1.84. The van der Waals surface area contributed by atoms with Crippen molar-refractivity contribution >= 4 is 17.2 Å². The molecule has 4 nitrogen and oxygen atoms in total. The summed E-state index contributed by atoms with van der Waals surface area (Å²) in [4.78, 5) is 13.1. The fourth-order valence-corrected chi connectivity index (χ4v) is 2.49. The highest BCUT2D eigenvalue weighted by Crippen LogP contribution is 2.09. The first kappa shape index (κ1) is 12.6. The van der Waals surface area contributed by atoms with E-state index in [-0.39, 0.29) is 5.91 Å². The van der Waals surface area contributed by atoms with Crippen LogP contribution in [0.5, 0.6) is 0 Å². The second-order valence-corrected chi connectivity index (χ2v) is 5.28. The van der Waals surface area contributed by atoms with E-state index in [0.717, 1.165) is 10.6 Å². The SMILES string of the molecule is O=C(NCc1cccs1)c1ccn(-c2ccccc2)n1. The Balaban J connectivity index is 1.69. The van der Waals surface area contributed by atoms with E-state index >= 15 is 0 Å². The van der Waals surface area contributed by atoms with Gasteiger partial charge in [-0.25, -0.2) is 4.68 Å². The normalized spacial score (nSPS) is 10.4. The molecular weight excluding hydrogens is 270 g/mol. The maximum absolute atomic E-state index is 12.0. The number of amides is 1. The van der Waals surface area contributed by atoms with Crippen LogP contribution in [0, 0.1) is 0 Å². The first-order chi connectivity index (χ1) is 9.83. The van der Waals surface area contributed by atoms with E-state index in [1.165, 1.54) is 0 Å². The zero-order valence-corrected chi connectivity index (χ0v) is 11.5. The molecule has 0 bridgehead atoms. The van der Waals surface area contributed by atoms with Crippen molar-refractivity contribution in [2.45, 2.75) is 6.54 Å². The Labute approximate surface area is 120 Å². The number of aromatic nitrogens is 2. The van der Waals surface area contributed by atoms with E-state index in [2.05, 4.69) is 10.4 Å². The highest BCUT2D eigenvalue weighted by atomic mass is 32.1. The Bertz CT molecular complexity index is 689. The van der Waals surface area contributed by atoms with Gasteiger partial charge in [0.05, 0.1) is 12.2 Å². The molecule has 0 spiro atoms. The van der Waals surface area contributed by atoms with Gasteiger partial charge in [0.15, 0.2) is 5.69 Å². The second-order valence-electron chi connectivity index (χ2n) is 4.24. The lowest BCUT2D eigenvalue weighted by Crippen LogP contribution is -2.22. The van der Waals surface area contributed by atoms with Crippen molar-refractivity contribution < 1.29 is 4.79 Å². The van der Waals surface area contributed by atoms with Gasteiger partial charge in [0.25, 0.3) is 5.91 Å². The molecule has 1 amide bonds. The number of para-hydroxylation sites is 1. The lowest BCUT2D eigenvalue weighted by molar-refractivity contribution is 0.0946. The molecule has 3 aromatic rings. The summed E-state index contributed by atoms with van der Waals surface area (Å²) in [5.41, 5.74) is 1.36. The monoisotopic (exact) mass is 283 g/mol. The Morgan fingerprint density at radius 2 is 2.00 bits per heavy atom. The predicted octanol–water partition coefficient (Wildman–Crippen LogP) is 2.86. The van der Waals surface area contributed by atoms with E-state index in [9.17, 15) is 4.79 Å². The van der Waals surface area contributed by atoms with Gasteiger partial charge in [-0.1, -0.05) is 24.3 Å². The number of rotatable bonds is 4. The van der Waals surface area contributed by atoms with Gasteiger partial charge in [-0.3, -0.25) is 4.79 Å². The summed E-state index contributed by atoms with van der Waals surface area (Å²) in [6.45, 7) is 0.536. The van der Waals surface area contributed by atoms with Crippen molar-refractivity contribution in [3.05, 3.63) is 70.7 Å². The summed E-state index contributed by atoms with van der Waals surface area (Å²) in [6, 6.07) is 15.4. The fraction of sp³-hybridized carbons (Fsp3) is 0.0667. The summed E-state index contributed by atoms with van der Waals surface area (Å²) < 4.78 is 1.69. The van der Waals surface area contributed by atoms with Crippen LogP contribution in [0.15, 0.2) is 60.1 Å². The van der Waals surface area contributed by atoms with Crippen LogP contribution in [0.4, 0.5) is 0 Å². The van der Waals surface area contributed by atoms with E-state index < -0.39 is 0 Å². The van der Waals surface area contributed by atoms with Crippen LogP contribution < -0.4 is 5.32 Å². The predicted molar refractivity (Wildman–Crippen MR) is 79.1 cm³/mol. The van der Waals surface area contributed by atoms with Crippen molar-refractivity contribution in [1.29, 1.82) is 0 Å². The number of carbonyl (C=O) groups is 1. The third-order valence-corrected chi connectivity index (χ3v) is 3.72. The quantitative estimate of drug-likeness (QED) is 0.800. The molecule has 0 saturated heterocycles. The molecule has 2 aromatic heterocycles. The minimum atomic E-state index is -0.159. The van der Waals surface area contributed by atoms with Crippen LogP contribution >= 0.6 is 11.3 Å². The molecule has 0 aliphatic rings. The Kier molecular flexibility index (Phi) is 3.60.